The topological polar surface area (TPSA) is 98.8 Å². The summed E-state index contributed by atoms with van der Waals surface area (Å²) >= 11 is 0. The lowest BCUT2D eigenvalue weighted by atomic mass is 10.0. The molecule has 1 heterocycles. The molecule has 0 radical (unpaired) electrons. The minimum atomic E-state index is -1.45. The molecule has 10 heteroatoms. The number of hydrogen-bond donors (Lipinski definition) is 2. The molecule has 0 bridgehead atoms. The number of carbonyl (C=O) groups excluding carboxylic acids is 4. The molecule has 2 aliphatic carbocycles. The smallest absolute Gasteiger partial charge is 0.259 e. The number of benzene rings is 2. The molecule has 2 aromatic carbocycles. The Morgan fingerprint density at radius 3 is 1.82 bits per heavy atom. The third-order valence-electron chi connectivity index (χ3n) is 7.60. The first-order valence-corrected chi connectivity index (χ1v) is 13.9. The fourth-order valence-electron chi connectivity index (χ4n) is 5.08. The van der Waals surface area contributed by atoms with Gasteiger partial charge in [0.05, 0.1) is 17.8 Å². The minimum absolute atomic E-state index is 0.122. The molecule has 8 nitrogen and oxygen atoms in total. The highest BCUT2D eigenvalue weighted by Gasteiger charge is 2.44. The van der Waals surface area contributed by atoms with Gasteiger partial charge in [-0.2, -0.15) is 0 Å². The summed E-state index contributed by atoms with van der Waals surface area (Å²) in [4.78, 5) is 57.3. The number of nitrogens with one attached hydrogen (secondary N) is 2. The van der Waals surface area contributed by atoms with Gasteiger partial charge < -0.3 is 20.4 Å². The van der Waals surface area contributed by atoms with Gasteiger partial charge in [-0.25, -0.2) is 8.78 Å². The van der Waals surface area contributed by atoms with Crippen molar-refractivity contribution in [3.8, 4) is 0 Å². The van der Waals surface area contributed by atoms with E-state index < -0.39 is 53.3 Å². The van der Waals surface area contributed by atoms with Crippen molar-refractivity contribution >= 4 is 35.0 Å². The molecule has 40 heavy (non-hydrogen) atoms. The zero-order valence-electron chi connectivity index (χ0n) is 22.7. The van der Waals surface area contributed by atoms with Crippen molar-refractivity contribution in [2.45, 2.75) is 58.0 Å². The molecule has 0 unspecified atom stereocenters. The van der Waals surface area contributed by atoms with Crippen LogP contribution < -0.4 is 20.4 Å². The predicted molar refractivity (Wildman–Crippen MR) is 145 cm³/mol. The second kappa shape index (κ2) is 11.3. The number of rotatable bonds is 10. The van der Waals surface area contributed by atoms with Crippen molar-refractivity contribution < 1.29 is 28.0 Å². The van der Waals surface area contributed by atoms with Crippen LogP contribution in [-0.4, -0.2) is 48.8 Å². The number of para-hydroxylation sites is 2. The summed E-state index contributed by atoms with van der Waals surface area (Å²) in [6.07, 6.45) is 3.66. The molecule has 1 atom stereocenters. The molecule has 212 valence electrons. The normalized spacial score (nSPS) is 18.4. The van der Waals surface area contributed by atoms with E-state index in [0.29, 0.717) is 42.4 Å². The van der Waals surface area contributed by atoms with Crippen molar-refractivity contribution in [1.29, 1.82) is 0 Å². The Labute approximate surface area is 232 Å². The van der Waals surface area contributed by atoms with Gasteiger partial charge in [0.2, 0.25) is 11.8 Å². The Morgan fingerprint density at radius 2 is 1.38 bits per heavy atom. The van der Waals surface area contributed by atoms with E-state index in [1.54, 1.807) is 23.6 Å². The molecule has 0 aromatic heterocycles. The molecule has 2 saturated carbocycles. The van der Waals surface area contributed by atoms with Gasteiger partial charge in [-0.05, 0) is 73.3 Å². The summed E-state index contributed by atoms with van der Waals surface area (Å²) in [7, 11) is 0. The predicted octanol–water partition coefficient (Wildman–Crippen LogP) is 3.33. The molecule has 2 aromatic rings. The van der Waals surface area contributed by atoms with Crippen molar-refractivity contribution in [2.75, 3.05) is 22.9 Å². The summed E-state index contributed by atoms with van der Waals surface area (Å²) in [5.74, 6) is -3.62. The number of fused-ring (bicyclic) bond motifs is 1. The highest BCUT2D eigenvalue weighted by molar-refractivity contribution is 6.21. The molecule has 2 N–H and O–H groups in total. The van der Waals surface area contributed by atoms with Crippen LogP contribution in [0.5, 0.6) is 0 Å². The van der Waals surface area contributed by atoms with Crippen LogP contribution in [0.2, 0.25) is 0 Å². The Hall–Kier alpha value is -3.82. The van der Waals surface area contributed by atoms with Gasteiger partial charge in [0.15, 0.2) is 6.04 Å². The van der Waals surface area contributed by atoms with Crippen LogP contribution in [0.3, 0.4) is 0 Å². The Balaban J connectivity index is 1.37. The first-order valence-electron chi connectivity index (χ1n) is 13.9. The van der Waals surface area contributed by atoms with Crippen LogP contribution in [0, 0.1) is 29.4 Å². The minimum Gasteiger partial charge on any atom is -0.344 e. The average Bonchev–Trinajstić information content (AvgIpc) is 3.82. The molecule has 1 aliphatic heterocycles. The van der Waals surface area contributed by atoms with Crippen LogP contribution in [0.1, 0.15) is 45.1 Å². The van der Waals surface area contributed by atoms with E-state index in [1.807, 2.05) is 24.3 Å². The van der Waals surface area contributed by atoms with Crippen LogP contribution in [0.25, 0.3) is 0 Å². The van der Waals surface area contributed by atoms with Gasteiger partial charge in [0.1, 0.15) is 17.7 Å². The Bertz CT molecular complexity index is 1250. The van der Waals surface area contributed by atoms with Crippen LogP contribution in [-0.2, 0) is 25.6 Å². The van der Waals surface area contributed by atoms with Crippen LogP contribution in [0.4, 0.5) is 20.2 Å². The van der Waals surface area contributed by atoms with Gasteiger partial charge in [-0.1, -0.05) is 26.0 Å². The summed E-state index contributed by atoms with van der Waals surface area (Å²) in [6, 6.07) is 7.62. The quantitative estimate of drug-likeness (QED) is 0.442. The highest BCUT2D eigenvalue weighted by Crippen LogP contribution is 2.40. The van der Waals surface area contributed by atoms with Crippen molar-refractivity contribution in [1.82, 2.24) is 10.6 Å². The summed E-state index contributed by atoms with van der Waals surface area (Å²) in [6.45, 7) is 4.36. The maximum atomic E-state index is 13.9. The summed E-state index contributed by atoms with van der Waals surface area (Å²) in [5.41, 5.74) is 1.43. The molecular formula is C30H34F2N4O4. The van der Waals surface area contributed by atoms with Gasteiger partial charge in [-0.15, -0.1) is 0 Å². The van der Waals surface area contributed by atoms with E-state index in [2.05, 4.69) is 10.6 Å². The molecule has 5 rings (SSSR count). The zero-order chi connectivity index (χ0) is 28.6. The molecular weight excluding hydrogens is 518 g/mol. The number of hydrogen-bond acceptors (Lipinski definition) is 4. The van der Waals surface area contributed by atoms with E-state index in [1.165, 1.54) is 0 Å². The number of carbonyl (C=O) groups is 4. The average molecular weight is 553 g/mol. The third-order valence-corrected chi connectivity index (χ3v) is 7.60. The summed E-state index contributed by atoms with van der Waals surface area (Å²) in [5, 5.41) is 5.27. The third kappa shape index (κ3) is 6.32. The highest BCUT2D eigenvalue weighted by atomic mass is 19.1. The van der Waals surface area contributed by atoms with Gasteiger partial charge in [-0.3, -0.25) is 19.2 Å². The van der Waals surface area contributed by atoms with Gasteiger partial charge >= 0.3 is 0 Å². The first kappa shape index (κ1) is 27.7. The molecule has 0 saturated heterocycles. The molecule has 0 spiro atoms. The Morgan fingerprint density at radius 1 is 0.875 bits per heavy atom. The maximum Gasteiger partial charge on any atom is 0.259 e. The standard InChI is InChI=1S/C30H34F2N4O4/c1-17(2)26(33-25(37)13-20-11-21(31)14-22(32)12-20)28(38)34-27-29(39)35(15-18-7-8-18)23-5-3-4-6-24(23)36(30(27)40)16-19-9-10-19/h3-6,11-12,14,17-19,26-27H,7-10,13,15-16H2,1-2H3,(H,33,37)(H,34,38)/t26-/m0/s1. The van der Waals surface area contributed by atoms with E-state index >= 15 is 0 Å². The number of nitrogens with zero attached hydrogens (tertiary/aromatic N) is 2. The zero-order valence-corrected chi connectivity index (χ0v) is 22.7. The molecule has 4 amide bonds. The number of amides is 4. The van der Waals surface area contributed by atoms with Gasteiger partial charge in [0, 0.05) is 19.2 Å². The van der Waals surface area contributed by atoms with Crippen molar-refractivity contribution in [3.63, 3.8) is 0 Å². The van der Waals surface area contributed by atoms with Gasteiger partial charge in [0.25, 0.3) is 11.8 Å². The van der Waals surface area contributed by atoms with Crippen molar-refractivity contribution in [2.24, 2.45) is 17.8 Å². The molecule has 3 aliphatic rings. The first-order chi connectivity index (χ1) is 19.1. The van der Waals surface area contributed by atoms with E-state index in [0.717, 1.165) is 37.8 Å². The number of halogens is 2. The Kier molecular flexibility index (Phi) is 7.87. The largest absolute Gasteiger partial charge is 0.344 e. The second-order valence-corrected chi connectivity index (χ2v) is 11.5. The summed E-state index contributed by atoms with van der Waals surface area (Å²) < 4.78 is 27.2. The van der Waals surface area contributed by atoms with Crippen LogP contribution >= 0.6 is 0 Å². The SMILES string of the molecule is CC(C)[C@H](NC(=O)Cc1cc(F)cc(F)c1)C(=O)NC1C(=O)N(CC2CC2)c2ccccc2N(CC2CC2)C1=O. The lowest BCUT2D eigenvalue weighted by Gasteiger charge is -2.27. The monoisotopic (exact) mass is 552 g/mol. The second-order valence-electron chi connectivity index (χ2n) is 11.5. The fourth-order valence-corrected chi connectivity index (χ4v) is 5.08. The van der Waals surface area contributed by atoms with E-state index in [4.69, 9.17) is 0 Å². The lowest BCUT2D eigenvalue weighted by Crippen LogP contribution is -2.60. The maximum absolute atomic E-state index is 13.9. The van der Waals surface area contributed by atoms with E-state index in [9.17, 15) is 28.0 Å². The van der Waals surface area contributed by atoms with E-state index in [-0.39, 0.29) is 12.0 Å². The fraction of sp³-hybridized carbons (Fsp3) is 0.467. The van der Waals surface area contributed by atoms with Crippen molar-refractivity contribution in [3.05, 3.63) is 59.7 Å². The lowest BCUT2D eigenvalue weighted by molar-refractivity contribution is -0.136. The number of anilines is 2. The molecule has 2 fully saturated rings. The van der Waals surface area contributed by atoms with Crippen LogP contribution in [0.15, 0.2) is 42.5 Å².